The molecule has 0 unspecified atom stereocenters. The molecule has 1 aromatic heterocycles. The van der Waals surface area contributed by atoms with Crippen LogP contribution in [0.1, 0.15) is 58.8 Å². The number of nitrogens with zero attached hydrogens (tertiary/aromatic N) is 2. The molecule has 1 heterocycles. The predicted molar refractivity (Wildman–Crippen MR) is 131 cm³/mol. The summed E-state index contributed by atoms with van der Waals surface area (Å²) in [6.07, 6.45) is 5.86. The lowest BCUT2D eigenvalue weighted by Gasteiger charge is -2.31. The minimum atomic E-state index is -0.683. The molecule has 2 rings (SSSR count). The zero-order chi connectivity index (χ0) is 23.7. The minimum absolute atomic E-state index is 0.163. The molecule has 0 saturated carbocycles. The molecule has 8 heteroatoms. The number of thioether (sulfide) groups is 1. The minimum Gasteiger partial charge on any atom is -0.444 e. The first-order chi connectivity index (χ1) is 15.2. The Morgan fingerprint density at radius 3 is 2.53 bits per heavy atom. The topological polar surface area (TPSA) is 87.3 Å². The number of alkyl carbamates (subject to hydrolysis) is 1. The number of nitrogens with one attached hydrogen (secondary N) is 2. The van der Waals surface area contributed by atoms with Crippen molar-refractivity contribution in [2.24, 2.45) is 0 Å². The van der Waals surface area contributed by atoms with Gasteiger partial charge in [0.15, 0.2) is 0 Å². The lowest BCUT2D eigenvalue weighted by Crippen LogP contribution is -2.50. The highest BCUT2D eigenvalue weighted by Crippen LogP contribution is 2.27. The van der Waals surface area contributed by atoms with E-state index in [1.54, 1.807) is 38.9 Å². The standard InChI is InChI=1S/C24H36N4O3S/c1-7-8-14-20(21-25-15-18(26-21)17-12-10-9-11-13-17)28(5)22(29)19(16-32-6)27-23(30)31-24(2,3)4/h9-13,15,19-20H,7-8,14,16H2,1-6H3,(H,25,26)(H,27,30)/t19-,20-/m0/s1. The van der Waals surface area contributed by atoms with E-state index in [9.17, 15) is 9.59 Å². The molecule has 0 fully saturated rings. The molecule has 0 spiro atoms. The van der Waals surface area contributed by atoms with Crippen molar-refractivity contribution in [3.8, 4) is 11.3 Å². The Bertz CT molecular complexity index is 864. The van der Waals surface area contributed by atoms with Crippen molar-refractivity contribution in [1.82, 2.24) is 20.2 Å². The van der Waals surface area contributed by atoms with Crippen molar-refractivity contribution >= 4 is 23.8 Å². The van der Waals surface area contributed by atoms with E-state index in [0.717, 1.165) is 36.3 Å². The zero-order valence-electron chi connectivity index (χ0n) is 20.0. The van der Waals surface area contributed by atoms with Crippen LogP contribution in [0.2, 0.25) is 0 Å². The SMILES string of the molecule is CCCC[C@@H](c1ncc(-c2ccccc2)[nH]1)N(C)C(=O)[C@H](CSC)NC(=O)OC(C)(C)C. The lowest BCUT2D eigenvalue weighted by molar-refractivity contribution is -0.134. The summed E-state index contributed by atoms with van der Waals surface area (Å²) in [5.74, 6) is 1.04. The van der Waals surface area contributed by atoms with Crippen LogP contribution in [0, 0.1) is 0 Å². The number of benzene rings is 1. The van der Waals surface area contributed by atoms with Gasteiger partial charge in [-0.3, -0.25) is 4.79 Å². The van der Waals surface area contributed by atoms with Crippen LogP contribution < -0.4 is 5.32 Å². The molecule has 0 aliphatic rings. The van der Waals surface area contributed by atoms with Crippen molar-refractivity contribution in [1.29, 1.82) is 0 Å². The van der Waals surface area contributed by atoms with Gasteiger partial charge in [-0.15, -0.1) is 0 Å². The van der Waals surface area contributed by atoms with E-state index >= 15 is 0 Å². The highest BCUT2D eigenvalue weighted by Gasteiger charge is 2.31. The van der Waals surface area contributed by atoms with Crippen LogP contribution in [0.15, 0.2) is 36.5 Å². The first-order valence-electron chi connectivity index (χ1n) is 11.0. The van der Waals surface area contributed by atoms with Crippen molar-refractivity contribution in [3.63, 3.8) is 0 Å². The van der Waals surface area contributed by atoms with Gasteiger partial charge in [0, 0.05) is 12.8 Å². The van der Waals surface area contributed by atoms with Crippen molar-refractivity contribution in [2.45, 2.75) is 64.6 Å². The first-order valence-corrected chi connectivity index (χ1v) is 12.4. The number of hydrogen-bond donors (Lipinski definition) is 2. The maximum atomic E-state index is 13.4. The third-order valence-electron chi connectivity index (χ3n) is 4.96. The van der Waals surface area contributed by atoms with E-state index in [1.807, 2.05) is 36.6 Å². The Morgan fingerprint density at radius 1 is 1.25 bits per heavy atom. The average Bonchev–Trinajstić information content (AvgIpc) is 3.22. The molecule has 0 aliphatic carbocycles. The van der Waals surface area contributed by atoms with E-state index in [-0.39, 0.29) is 11.9 Å². The van der Waals surface area contributed by atoms with Gasteiger partial charge in [0.05, 0.1) is 17.9 Å². The van der Waals surface area contributed by atoms with Gasteiger partial charge in [-0.05, 0) is 39.0 Å². The summed E-state index contributed by atoms with van der Waals surface area (Å²) in [6.45, 7) is 7.52. The van der Waals surface area contributed by atoms with Gasteiger partial charge in [-0.25, -0.2) is 9.78 Å². The number of amides is 2. The number of imidazole rings is 1. The van der Waals surface area contributed by atoms with Crippen LogP contribution in [-0.4, -0.2) is 57.6 Å². The number of rotatable bonds is 10. The van der Waals surface area contributed by atoms with Crippen LogP contribution in [0.3, 0.4) is 0 Å². The Kier molecular flexibility index (Phi) is 9.62. The number of unbranched alkanes of at least 4 members (excludes halogenated alkanes) is 1. The normalized spacial score (nSPS) is 13.3. The molecule has 7 nitrogen and oxygen atoms in total. The summed E-state index contributed by atoms with van der Waals surface area (Å²) < 4.78 is 5.36. The third-order valence-corrected chi connectivity index (χ3v) is 5.63. The van der Waals surface area contributed by atoms with Crippen molar-refractivity contribution in [3.05, 3.63) is 42.4 Å². The molecule has 2 aromatic rings. The average molecular weight is 461 g/mol. The van der Waals surface area contributed by atoms with Crippen molar-refractivity contribution in [2.75, 3.05) is 19.1 Å². The summed E-state index contributed by atoms with van der Waals surface area (Å²) in [6, 6.07) is 9.08. The van der Waals surface area contributed by atoms with Gasteiger partial charge in [-0.2, -0.15) is 11.8 Å². The molecule has 2 N–H and O–H groups in total. The molecular weight excluding hydrogens is 424 g/mol. The van der Waals surface area contributed by atoms with Gasteiger partial charge in [0.25, 0.3) is 0 Å². The molecule has 1 aromatic carbocycles. The zero-order valence-corrected chi connectivity index (χ0v) is 20.8. The second-order valence-corrected chi connectivity index (χ2v) is 9.72. The summed E-state index contributed by atoms with van der Waals surface area (Å²) in [4.78, 5) is 35.4. The van der Waals surface area contributed by atoms with Crippen LogP contribution in [0.5, 0.6) is 0 Å². The van der Waals surface area contributed by atoms with Crippen LogP contribution >= 0.6 is 11.8 Å². The molecule has 0 radical (unpaired) electrons. The van der Waals surface area contributed by atoms with Crippen molar-refractivity contribution < 1.29 is 14.3 Å². The van der Waals surface area contributed by atoms with Crippen LogP contribution in [0.25, 0.3) is 11.3 Å². The second kappa shape index (κ2) is 11.9. The number of ether oxygens (including phenoxy) is 1. The third kappa shape index (κ3) is 7.58. The molecule has 176 valence electrons. The summed E-state index contributed by atoms with van der Waals surface area (Å²) in [5, 5.41) is 2.74. The highest BCUT2D eigenvalue weighted by atomic mass is 32.2. The largest absolute Gasteiger partial charge is 0.444 e. The quantitative estimate of drug-likeness (QED) is 0.520. The number of H-pyrrole nitrogens is 1. The maximum Gasteiger partial charge on any atom is 0.408 e. The molecule has 0 aliphatic heterocycles. The molecular formula is C24H36N4O3S. The highest BCUT2D eigenvalue weighted by molar-refractivity contribution is 7.98. The van der Waals surface area contributed by atoms with Gasteiger partial charge < -0.3 is 19.9 Å². The molecule has 2 amide bonds. The Labute approximate surface area is 195 Å². The maximum absolute atomic E-state index is 13.4. The van der Waals surface area contributed by atoms with E-state index in [1.165, 1.54) is 11.8 Å². The van der Waals surface area contributed by atoms with Gasteiger partial charge in [0.2, 0.25) is 5.91 Å². The van der Waals surface area contributed by atoms with E-state index in [2.05, 4.69) is 22.2 Å². The number of hydrogen-bond acceptors (Lipinski definition) is 5. The van der Waals surface area contributed by atoms with E-state index in [4.69, 9.17) is 4.74 Å². The van der Waals surface area contributed by atoms with E-state index in [0.29, 0.717) is 5.75 Å². The Balaban J connectivity index is 2.22. The summed E-state index contributed by atoms with van der Waals surface area (Å²) >= 11 is 1.50. The fourth-order valence-electron chi connectivity index (χ4n) is 3.37. The molecule has 0 saturated heterocycles. The first kappa shape index (κ1) is 25.8. The Morgan fingerprint density at radius 2 is 1.94 bits per heavy atom. The second-order valence-electron chi connectivity index (χ2n) is 8.81. The van der Waals surface area contributed by atoms with Gasteiger partial charge in [-0.1, -0.05) is 50.1 Å². The van der Waals surface area contributed by atoms with Gasteiger partial charge >= 0.3 is 6.09 Å². The number of aromatic nitrogens is 2. The van der Waals surface area contributed by atoms with E-state index < -0.39 is 17.7 Å². The number of carbonyl (C=O) groups excluding carboxylic acids is 2. The lowest BCUT2D eigenvalue weighted by atomic mass is 10.1. The molecule has 0 bridgehead atoms. The molecule has 2 atom stereocenters. The summed E-state index contributed by atoms with van der Waals surface area (Å²) in [5.41, 5.74) is 1.33. The Hall–Kier alpha value is -2.48. The fraction of sp³-hybridized carbons (Fsp3) is 0.542. The summed E-state index contributed by atoms with van der Waals surface area (Å²) in [7, 11) is 1.78. The smallest absolute Gasteiger partial charge is 0.408 e. The van der Waals surface area contributed by atoms with Crippen LogP contribution in [-0.2, 0) is 9.53 Å². The number of aromatic amines is 1. The monoisotopic (exact) mass is 460 g/mol. The van der Waals surface area contributed by atoms with Crippen LogP contribution in [0.4, 0.5) is 4.79 Å². The number of likely N-dealkylation sites (N-methyl/N-ethyl adjacent to an activating group) is 1. The van der Waals surface area contributed by atoms with Gasteiger partial charge in [0.1, 0.15) is 17.5 Å². The fourth-order valence-corrected chi connectivity index (χ4v) is 3.93. The predicted octanol–water partition coefficient (Wildman–Crippen LogP) is 5.02. The number of carbonyl (C=O) groups is 2. The molecule has 32 heavy (non-hydrogen) atoms.